The second-order valence-electron chi connectivity index (χ2n) is 7.08. The maximum absolute atomic E-state index is 12.8. The first-order valence-electron chi connectivity index (χ1n) is 8.34. The fourth-order valence-electron chi connectivity index (χ4n) is 3.87. The Hall–Kier alpha value is -2.14. The van der Waals surface area contributed by atoms with Crippen LogP contribution in [0.25, 0.3) is 21.8 Å². The molecule has 1 aliphatic heterocycles. The Bertz CT molecular complexity index is 990. The van der Waals surface area contributed by atoms with Crippen LogP contribution >= 0.6 is 0 Å². The van der Waals surface area contributed by atoms with E-state index in [0.29, 0.717) is 6.04 Å². The Morgan fingerprint density at radius 1 is 1.09 bits per heavy atom. The van der Waals surface area contributed by atoms with Crippen molar-refractivity contribution < 1.29 is 0 Å². The largest absolute Gasteiger partial charge is 0.296 e. The number of aromatic nitrogens is 3. The van der Waals surface area contributed by atoms with Crippen LogP contribution in [0, 0.1) is 6.92 Å². The molecule has 3 heterocycles. The summed E-state index contributed by atoms with van der Waals surface area (Å²) in [4.78, 5) is 15.3. The number of hydrogen-bond donors (Lipinski definition) is 0. The number of hydrogen-bond acceptors (Lipinski definition) is 3. The highest BCUT2D eigenvalue weighted by molar-refractivity contribution is 6.04. The van der Waals surface area contributed by atoms with E-state index >= 15 is 0 Å². The molecule has 3 aromatic rings. The molecule has 1 saturated carbocycles. The maximum atomic E-state index is 12.8. The second kappa shape index (κ2) is 4.45. The zero-order valence-electron chi connectivity index (χ0n) is 13.5. The Balaban J connectivity index is 1.69. The molecule has 118 valence electrons. The Morgan fingerprint density at radius 2 is 1.87 bits per heavy atom. The van der Waals surface area contributed by atoms with Crippen LogP contribution < -0.4 is 5.56 Å². The number of benzene rings is 1. The fourth-order valence-corrected chi connectivity index (χ4v) is 3.87. The van der Waals surface area contributed by atoms with Crippen LogP contribution in [0.15, 0.2) is 29.2 Å². The first-order valence-corrected chi connectivity index (χ1v) is 8.34. The first-order chi connectivity index (χ1) is 11.1. The molecule has 0 bridgehead atoms. The van der Waals surface area contributed by atoms with Crippen LogP contribution in [0.5, 0.6) is 0 Å². The molecule has 5 heteroatoms. The minimum atomic E-state index is 0.0660. The van der Waals surface area contributed by atoms with E-state index in [1.807, 2.05) is 26.2 Å². The molecule has 0 radical (unpaired) electrons. The van der Waals surface area contributed by atoms with Gasteiger partial charge < -0.3 is 0 Å². The van der Waals surface area contributed by atoms with Crippen molar-refractivity contribution in [3.05, 3.63) is 40.3 Å². The van der Waals surface area contributed by atoms with E-state index in [2.05, 4.69) is 26.8 Å². The molecular weight excluding hydrogens is 288 g/mol. The molecule has 0 amide bonds. The zero-order chi connectivity index (χ0) is 15.7. The van der Waals surface area contributed by atoms with Crippen molar-refractivity contribution in [3.63, 3.8) is 0 Å². The molecule has 2 aromatic heterocycles. The number of rotatable bonds is 2. The highest BCUT2D eigenvalue weighted by Gasteiger charge is 2.39. The lowest BCUT2D eigenvalue weighted by atomic mass is 10.1. The smallest absolute Gasteiger partial charge is 0.259 e. The first kappa shape index (κ1) is 13.3. The van der Waals surface area contributed by atoms with Crippen LogP contribution in [0.4, 0.5) is 0 Å². The summed E-state index contributed by atoms with van der Waals surface area (Å²) >= 11 is 0. The van der Waals surface area contributed by atoms with E-state index in [1.165, 1.54) is 12.8 Å². The van der Waals surface area contributed by atoms with Gasteiger partial charge in [0.2, 0.25) is 0 Å². The predicted octanol–water partition coefficient (Wildman–Crippen LogP) is 2.22. The van der Waals surface area contributed by atoms with Crippen molar-refractivity contribution in [1.29, 1.82) is 0 Å². The topological polar surface area (TPSA) is 43.1 Å². The molecule has 0 unspecified atom stereocenters. The molecule has 1 aromatic carbocycles. The van der Waals surface area contributed by atoms with Crippen molar-refractivity contribution in [1.82, 2.24) is 19.2 Å². The third kappa shape index (κ3) is 1.83. The Kier molecular flexibility index (Phi) is 2.57. The molecule has 5 nitrogen and oxygen atoms in total. The van der Waals surface area contributed by atoms with Crippen molar-refractivity contribution in [2.45, 2.75) is 31.8 Å². The van der Waals surface area contributed by atoms with Gasteiger partial charge in [0.25, 0.3) is 5.56 Å². The SMILES string of the molecule is Cc1ccc2c(c1)c(=O)n(C)c1c2cnn1C1CN(C2CC2)C1. The number of aryl methyl sites for hydroxylation is 2. The monoisotopic (exact) mass is 308 g/mol. The van der Waals surface area contributed by atoms with E-state index in [9.17, 15) is 4.79 Å². The van der Waals surface area contributed by atoms with Gasteiger partial charge in [-0.1, -0.05) is 17.7 Å². The van der Waals surface area contributed by atoms with Gasteiger partial charge in [-0.05, 0) is 31.2 Å². The number of fused-ring (bicyclic) bond motifs is 3. The van der Waals surface area contributed by atoms with E-state index in [0.717, 1.165) is 46.5 Å². The van der Waals surface area contributed by atoms with Crippen molar-refractivity contribution in [2.24, 2.45) is 7.05 Å². The highest BCUT2D eigenvalue weighted by atomic mass is 16.1. The van der Waals surface area contributed by atoms with E-state index in [-0.39, 0.29) is 5.56 Å². The summed E-state index contributed by atoms with van der Waals surface area (Å²) in [5.41, 5.74) is 2.13. The van der Waals surface area contributed by atoms with Crippen molar-refractivity contribution in [2.75, 3.05) is 13.1 Å². The van der Waals surface area contributed by atoms with Crippen molar-refractivity contribution in [3.8, 4) is 0 Å². The van der Waals surface area contributed by atoms with Gasteiger partial charge in [-0.3, -0.25) is 14.3 Å². The lowest BCUT2D eigenvalue weighted by Gasteiger charge is -2.39. The molecule has 23 heavy (non-hydrogen) atoms. The molecule has 2 fully saturated rings. The molecule has 2 aliphatic rings. The standard InChI is InChI=1S/C18H20N4O/c1-11-3-6-14-15(7-11)18(23)20(2)17-16(14)8-19-22(17)13-9-21(10-13)12-4-5-12/h3,6-8,12-13H,4-5,9-10H2,1-2H3. The summed E-state index contributed by atoms with van der Waals surface area (Å²) in [5, 5.41) is 7.51. The quantitative estimate of drug-likeness (QED) is 0.729. The number of likely N-dealkylation sites (tertiary alicyclic amines) is 1. The van der Waals surface area contributed by atoms with Gasteiger partial charge in [0.05, 0.1) is 12.2 Å². The third-order valence-corrected chi connectivity index (χ3v) is 5.39. The van der Waals surface area contributed by atoms with Gasteiger partial charge in [0, 0.05) is 37.0 Å². The highest BCUT2D eigenvalue weighted by Crippen LogP contribution is 2.36. The van der Waals surface area contributed by atoms with E-state index < -0.39 is 0 Å². The van der Waals surface area contributed by atoms with Gasteiger partial charge in [-0.15, -0.1) is 0 Å². The molecule has 0 spiro atoms. The van der Waals surface area contributed by atoms with Crippen LogP contribution in [0.2, 0.25) is 0 Å². The van der Waals surface area contributed by atoms with Gasteiger partial charge in [-0.2, -0.15) is 5.10 Å². The molecule has 5 rings (SSSR count). The van der Waals surface area contributed by atoms with Crippen LogP contribution in [0.3, 0.4) is 0 Å². The van der Waals surface area contributed by atoms with Gasteiger partial charge in [-0.25, -0.2) is 4.68 Å². The third-order valence-electron chi connectivity index (χ3n) is 5.39. The van der Waals surface area contributed by atoms with E-state index in [1.54, 1.807) is 4.57 Å². The number of pyridine rings is 1. The predicted molar refractivity (Wildman–Crippen MR) is 90.8 cm³/mol. The van der Waals surface area contributed by atoms with Gasteiger partial charge in [0.15, 0.2) is 0 Å². The van der Waals surface area contributed by atoms with Gasteiger partial charge in [0.1, 0.15) is 5.65 Å². The Morgan fingerprint density at radius 3 is 2.61 bits per heavy atom. The lowest BCUT2D eigenvalue weighted by Crippen LogP contribution is -2.49. The Labute approximate surface area is 134 Å². The van der Waals surface area contributed by atoms with Crippen LogP contribution in [0.1, 0.15) is 24.4 Å². The normalized spacial score (nSPS) is 19.6. The fraction of sp³-hybridized carbons (Fsp3) is 0.444. The summed E-state index contributed by atoms with van der Waals surface area (Å²) in [7, 11) is 1.86. The summed E-state index contributed by atoms with van der Waals surface area (Å²) in [6, 6.07) is 7.29. The van der Waals surface area contributed by atoms with E-state index in [4.69, 9.17) is 0 Å². The molecule has 0 N–H and O–H groups in total. The molecule has 0 atom stereocenters. The lowest BCUT2D eigenvalue weighted by molar-refractivity contribution is 0.0924. The van der Waals surface area contributed by atoms with Crippen molar-refractivity contribution >= 4 is 21.8 Å². The molecular formula is C18H20N4O. The minimum absolute atomic E-state index is 0.0660. The molecule has 1 aliphatic carbocycles. The summed E-state index contributed by atoms with van der Waals surface area (Å²) in [6.45, 7) is 4.14. The summed E-state index contributed by atoms with van der Waals surface area (Å²) in [5.74, 6) is 0. The van der Waals surface area contributed by atoms with Crippen LogP contribution in [-0.4, -0.2) is 38.4 Å². The number of nitrogens with zero attached hydrogens (tertiary/aromatic N) is 4. The minimum Gasteiger partial charge on any atom is -0.296 e. The van der Waals surface area contributed by atoms with Crippen LogP contribution in [-0.2, 0) is 7.05 Å². The maximum Gasteiger partial charge on any atom is 0.259 e. The molecule has 1 saturated heterocycles. The zero-order valence-corrected chi connectivity index (χ0v) is 13.5. The second-order valence-corrected chi connectivity index (χ2v) is 7.08. The average molecular weight is 308 g/mol. The van der Waals surface area contributed by atoms with Gasteiger partial charge >= 0.3 is 0 Å². The summed E-state index contributed by atoms with van der Waals surface area (Å²) in [6.07, 6.45) is 4.61. The summed E-state index contributed by atoms with van der Waals surface area (Å²) < 4.78 is 3.83. The average Bonchev–Trinajstić information content (AvgIpc) is 3.22.